The molecule has 0 radical (unpaired) electrons. The number of carbonyl (C=O) groups is 1. The van der Waals surface area contributed by atoms with Gasteiger partial charge in [-0.1, -0.05) is 48.0 Å². The third-order valence-corrected chi connectivity index (χ3v) is 6.67. The highest BCUT2D eigenvalue weighted by Crippen LogP contribution is 2.27. The SMILES string of the molecule is CC(C)CN(C(=O)c1cccs1)C(C)c1nc2ccccc2c(=O)n1-c1ccc(Br)cc1. The highest BCUT2D eigenvalue weighted by atomic mass is 79.9. The summed E-state index contributed by atoms with van der Waals surface area (Å²) in [6.07, 6.45) is 0. The first kappa shape index (κ1) is 22.4. The van der Waals surface area contributed by atoms with E-state index in [1.807, 2.05) is 71.8 Å². The van der Waals surface area contributed by atoms with Crippen molar-refractivity contribution in [3.63, 3.8) is 0 Å². The molecule has 0 aliphatic heterocycles. The lowest BCUT2D eigenvalue weighted by molar-refractivity contribution is 0.0660. The number of halogens is 1. The first-order chi connectivity index (χ1) is 15.4. The van der Waals surface area contributed by atoms with E-state index in [-0.39, 0.29) is 17.4 Å². The van der Waals surface area contributed by atoms with Crippen LogP contribution in [0.4, 0.5) is 0 Å². The number of carbonyl (C=O) groups excluding carboxylic acids is 1. The largest absolute Gasteiger partial charge is 0.328 e. The van der Waals surface area contributed by atoms with Crippen LogP contribution in [0.5, 0.6) is 0 Å². The Morgan fingerprint density at radius 2 is 1.78 bits per heavy atom. The Kier molecular flexibility index (Phi) is 6.58. The number of benzene rings is 2. The van der Waals surface area contributed by atoms with Crippen LogP contribution in [0.1, 0.15) is 42.3 Å². The maximum Gasteiger partial charge on any atom is 0.266 e. The minimum atomic E-state index is -0.409. The van der Waals surface area contributed by atoms with Gasteiger partial charge < -0.3 is 4.90 Å². The van der Waals surface area contributed by atoms with Crippen LogP contribution in [0.25, 0.3) is 16.6 Å². The lowest BCUT2D eigenvalue weighted by atomic mass is 10.1. The molecule has 2 heterocycles. The van der Waals surface area contributed by atoms with E-state index in [4.69, 9.17) is 4.98 Å². The number of aromatic nitrogens is 2. The van der Waals surface area contributed by atoms with Gasteiger partial charge >= 0.3 is 0 Å². The Balaban J connectivity index is 1.92. The fourth-order valence-electron chi connectivity index (χ4n) is 3.76. The number of fused-ring (bicyclic) bond motifs is 1. The molecule has 164 valence electrons. The van der Waals surface area contributed by atoms with Crippen LogP contribution in [-0.4, -0.2) is 26.9 Å². The molecule has 1 atom stereocenters. The van der Waals surface area contributed by atoms with Gasteiger partial charge in [-0.15, -0.1) is 11.3 Å². The van der Waals surface area contributed by atoms with Gasteiger partial charge in [0.25, 0.3) is 11.5 Å². The molecule has 1 unspecified atom stereocenters. The first-order valence-corrected chi connectivity index (χ1v) is 12.2. The molecule has 0 N–H and O–H groups in total. The van der Waals surface area contributed by atoms with Gasteiger partial charge in [0, 0.05) is 11.0 Å². The summed E-state index contributed by atoms with van der Waals surface area (Å²) < 4.78 is 2.56. The summed E-state index contributed by atoms with van der Waals surface area (Å²) >= 11 is 4.88. The average molecular weight is 510 g/mol. The number of para-hydroxylation sites is 1. The van der Waals surface area contributed by atoms with E-state index >= 15 is 0 Å². The Bertz CT molecular complexity index is 1300. The fraction of sp³-hybridized carbons (Fsp3) is 0.240. The number of rotatable bonds is 6. The van der Waals surface area contributed by atoms with Gasteiger partial charge in [0.2, 0.25) is 0 Å². The van der Waals surface area contributed by atoms with Gasteiger partial charge in [-0.3, -0.25) is 14.2 Å². The minimum absolute atomic E-state index is 0.0500. The molecule has 7 heteroatoms. The van der Waals surface area contributed by atoms with Gasteiger partial charge in [0.05, 0.1) is 27.5 Å². The van der Waals surface area contributed by atoms with Crippen LogP contribution < -0.4 is 5.56 Å². The van der Waals surface area contributed by atoms with Crippen molar-refractivity contribution in [2.24, 2.45) is 5.92 Å². The lowest BCUT2D eigenvalue weighted by Crippen LogP contribution is -2.39. The predicted octanol–water partition coefficient (Wildman–Crippen LogP) is 6.07. The molecule has 0 bridgehead atoms. The Hall–Kier alpha value is -2.77. The molecular weight excluding hydrogens is 486 g/mol. The van der Waals surface area contributed by atoms with Crippen molar-refractivity contribution >= 4 is 44.1 Å². The Labute approximate surface area is 199 Å². The Morgan fingerprint density at radius 1 is 1.06 bits per heavy atom. The van der Waals surface area contributed by atoms with Gasteiger partial charge in [-0.2, -0.15) is 0 Å². The molecule has 5 nitrogen and oxygen atoms in total. The molecule has 0 aliphatic carbocycles. The smallest absolute Gasteiger partial charge is 0.266 e. The van der Waals surface area contributed by atoms with Crippen LogP contribution in [0, 0.1) is 5.92 Å². The third kappa shape index (κ3) is 4.40. The standard InChI is InChI=1S/C25H24BrN3O2S/c1-16(2)15-28(25(31)22-9-6-14-32-22)17(3)23-27-21-8-5-4-7-20(21)24(30)29(23)19-12-10-18(26)11-13-19/h4-14,16-17H,15H2,1-3H3. The molecule has 4 rings (SSSR count). The molecule has 0 spiro atoms. The van der Waals surface area contributed by atoms with E-state index in [0.717, 1.165) is 4.47 Å². The van der Waals surface area contributed by atoms with Crippen LogP contribution in [-0.2, 0) is 0 Å². The first-order valence-electron chi connectivity index (χ1n) is 10.5. The summed E-state index contributed by atoms with van der Waals surface area (Å²) in [6, 6.07) is 18.2. The molecule has 0 fully saturated rings. The second kappa shape index (κ2) is 9.38. The number of hydrogen-bond donors (Lipinski definition) is 0. The second-order valence-corrected chi connectivity index (χ2v) is 9.97. The summed E-state index contributed by atoms with van der Waals surface area (Å²) in [4.78, 5) is 34.4. The Morgan fingerprint density at radius 3 is 2.44 bits per heavy atom. The van der Waals surface area contributed by atoms with E-state index in [2.05, 4.69) is 29.8 Å². The molecule has 1 amide bonds. The summed E-state index contributed by atoms with van der Waals surface area (Å²) in [5.74, 6) is 0.752. The molecule has 0 saturated heterocycles. The molecule has 32 heavy (non-hydrogen) atoms. The third-order valence-electron chi connectivity index (χ3n) is 5.28. The molecule has 4 aromatic rings. The second-order valence-electron chi connectivity index (χ2n) is 8.11. The highest BCUT2D eigenvalue weighted by Gasteiger charge is 2.28. The van der Waals surface area contributed by atoms with E-state index in [1.165, 1.54) is 11.3 Å². The van der Waals surface area contributed by atoms with E-state index in [1.54, 1.807) is 10.6 Å². The normalized spacial score (nSPS) is 12.3. The summed E-state index contributed by atoms with van der Waals surface area (Å²) in [5, 5.41) is 2.45. The lowest BCUT2D eigenvalue weighted by Gasteiger charge is -2.31. The number of hydrogen-bond acceptors (Lipinski definition) is 4. The maximum absolute atomic E-state index is 13.6. The molecule has 2 aromatic carbocycles. The fourth-order valence-corrected chi connectivity index (χ4v) is 4.70. The van der Waals surface area contributed by atoms with Crippen molar-refractivity contribution in [3.8, 4) is 5.69 Å². The van der Waals surface area contributed by atoms with E-state index in [9.17, 15) is 9.59 Å². The van der Waals surface area contributed by atoms with Crippen molar-refractivity contribution < 1.29 is 4.79 Å². The van der Waals surface area contributed by atoms with Crippen molar-refractivity contribution in [1.29, 1.82) is 0 Å². The molecular formula is C25H24BrN3O2S. The van der Waals surface area contributed by atoms with Crippen LogP contribution in [0.2, 0.25) is 0 Å². The van der Waals surface area contributed by atoms with Crippen LogP contribution >= 0.6 is 27.3 Å². The quantitative estimate of drug-likeness (QED) is 0.317. The number of amides is 1. The predicted molar refractivity (Wildman–Crippen MR) is 134 cm³/mol. The number of thiophene rings is 1. The maximum atomic E-state index is 13.6. The van der Waals surface area contributed by atoms with Crippen LogP contribution in [0.3, 0.4) is 0 Å². The highest BCUT2D eigenvalue weighted by molar-refractivity contribution is 9.10. The average Bonchev–Trinajstić information content (AvgIpc) is 3.32. The number of nitrogens with zero attached hydrogens (tertiary/aromatic N) is 3. The van der Waals surface area contributed by atoms with Gasteiger partial charge in [-0.25, -0.2) is 4.98 Å². The van der Waals surface area contributed by atoms with Gasteiger partial charge in [0.1, 0.15) is 5.82 Å². The molecule has 2 aromatic heterocycles. The van der Waals surface area contributed by atoms with Crippen molar-refractivity contribution in [3.05, 3.63) is 91.6 Å². The zero-order valence-corrected chi connectivity index (χ0v) is 20.6. The van der Waals surface area contributed by atoms with Crippen molar-refractivity contribution in [2.45, 2.75) is 26.8 Å². The molecule has 0 aliphatic rings. The van der Waals surface area contributed by atoms with Gasteiger partial charge in [0.15, 0.2) is 0 Å². The summed E-state index contributed by atoms with van der Waals surface area (Å²) in [6.45, 7) is 6.66. The zero-order valence-electron chi connectivity index (χ0n) is 18.2. The van der Waals surface area contributed by atoms with Gasteiger partial charge in [-0.05, 0) is 60.7 Å². The monoisotopic (exact) mass is 509 g/mol. The summed E-state index contributed by atoms with van der Waals surface area (Å²) in [7, 11) is 0. The van der Waals surface area contributed by atoms with Crippen molar-refractivity contribution in [2.75, 3.05) is 6.54 Å². The summed E-state index contributed by atoms with van der Waals surface area (Å²) in [5.41, 5.74) is 1.19. The minimum Gasteiger partial charge on any atom is -0.328 e. The van der Waals surface area contributed by atoms with E-state index < -0.39 is 6.04 Å². The topological polar surface area (TPSA) is 55.2 Å². The van der Waals surface area contributed by atoms with Crippen molar-refractivity contribution in [1.82, 2.24) is 14.5 Å². The zero-order chi connectivity index (χ0) is 22.8. The van der Waals surface area contributed by atoms with E-state index in [0.29, 0.717) is 33.8 Å². The van der Waals surface area contributed by atoms with Crippen LogP contribution in [0.15, 0.2) is 75.3 Å². The molecule has 0 saturated carbocycles.